The van der Waals surface area contributed by atoms with Crippen LogP contribution >= 0.6 is 11.3 Å². The predicted molar refractivity (Wildman–Crippen MR) is 142 cm³/mol. The Morgan fingerprint density at radius 2 is 1.95 bits per heavy atom. The fourth-order valence-corrected chi connectivity index (χ4v) is 4.67. The predicted octanol–water partition coefficient (Wildman–Crippen LogP) is 6.05. The van der Waals surface area contributed by atoms with Crippen molar-refractivity contribution in [2.24, 2.45) is 0 Å². The van der Waals surface area contributed by atoms with Crippen molar-refractivity contribution >= 4 is 33.8 Å². The number of hydrogen-bond acceptors (Lipinski definition) is 7. The zero-order valence-corrected chi connectivity index (χ0v) is 21.7. The molecule has 0 bridgehead atoms. The van der Waals surface area contributed by atoms with Gasteiger partial charge in [-0.15, -0.1) is 11.3 Å². The summed E-state index contributed by atoms with van der Waals surface area (Å²) in [6.07, 6.45) is 2.09. The average Bonchev–Trinajstić information content (AvgIpc) is 3.54. The van der Waals surface area contributed by atoms with E-state index in [1.54, 1.807) is 60.7 Å². The summed E-state index contributed by atoms with van der Waals surface area (Å²) in [5.41, 5.74) is 0.844. The molecule has 1 amide bonds. The van der Waals surface area contributed by atoms with Gasteiger partial charge in [0.05, 0.1) is 11.1 Å². The van der Waals surface area contributed by atoms with E-state index in [9.17, 15) is 23.1 Å². The van der Waals surface area contributed by atoms with Crippen molar-refractivity contribution in [2.45, 2.75) is 38.6 Å². The summed E-state index contributed by atoms with van der Waals surface area (Å²) in [6, 6.07) is 9.22. The van der Waals surface area contributed by atoms with Crippen molar-refractivity contribution in [2.75, 3.05) is 5.32 Å². The molecule has 200 valence electrons. The summed E-state index contributed by atoms with van der Waals surface area (Å²) < 4.78 is 41.0. The Bertz CT molecular complexity index is 1620. The minimum atomic E-state index is -4.57. The van der Waals surface area contributed by atoms with Gasteiger partial charge in [-0.2, -0.15) is 18.3 Å². The highest BCUT2D eigenvalue weighted by molar-refractivity contribution is 7.13. The van der Waals surface area contributed by atoms with Crippen LogP contribution in [0.2, 0.25) is 0 Å². The first-order valence-corrected chi connectivity index (χ1v) is 12.8. The minimum absolute atomic E-state index is 0.191. The summed E-state index contributed by atoms with van der Waals surface area (Å²) in [5.74, 6) is -0.476. The SMILES string of the molecule is CC(C)(O)CCn1cc2cc(NC(=O)c3csc(-c4cccnc4)n3)c(-c3ccc(C(F)(F)F)nc3)cc2n1. The van der Waals surface area contributed by atoms with E-state index >= 15 is 0 Å². The first kappa shape index (κ1) is 26.4. The van der Waals surface area contributed by atoms with E-state index in [2.05, 4.69) is 25.4 Å². The van der Waals surface area contributed by atoms with E-state index in [-0.39, 0.29) is 5.69 Å². The molecule has 0 aliphatic heterocycles. The van der Waals surface area contributed by atoms with Crippen molar-refractivity contribution < 1.29 is 23.1 Å². The second-order valence-corrected chi connectivity index (χ2v) is 10.4. The fraction of sp³-hybridized carbons (Fsp3) is 0.222. The number of nitrogens with zero attached hydrogens (tertiary/aromatic N) is 5. The standard InChI is InChI=1S/C27H23F3N6O2S/c1-26(2,38)7-9-36-14-18-10-21(33-24(37)22-15-39-25(34-22)17-4-3-8-31-12-17)19(11-20(18)35-36)16-5-6-23(32-13-16)27(28,29)30/h3-6,8,10-15,38H,7,9H2,1-2H3,(H,33,37). The van der Waals surface area contributed by atoms with Gasteiger partial charge in [-0.1, -0.05) is 6.07 Å². The fourth-order valence-electron chi connectivity index (χ4n) is 3.87. The lowest BCUT2D eigenvalue weighted by molar-refractivity contribution is -0.141. The molecule has 4 aromatic heterocycles. The Morgan fingerprint density at radius 3 is 2.62 bits per heavy atom. The third kappa shape index (κ3) is 6.13. The van der Waals surface area contributed by atoms with E-state index in [0.29, 0.717) is 45.7 Å². The highest BCUT2D eigenvalue weighted by Gasteiger charge is 2.32. The molecule has 0 radical (unpaired) electrons. The summed E-state index contributed by atoms with van der Waals surface area (Å²) >= 11 is 1.30. The van der Waals surface area contributed by atoms with Crippen LogP contribution in [-0.2, 0) is 12.7 Å². The Hall–Kier alpha value is -4.16. The molecule has 0 saturated heterocycles. The van der Waals surface area contributed by atoms with Crippen LogP contribution in [0.3, 0.4) is 0 Å². The van der Waals surface area contributed by atoms with Crippen LogP contribution in [0.5, 0.6) is 0 Å². The van der Waals surface area contributed by atoms with Gasteiger partial charge in [0, 0.05) is 64.5 Å². The number of pyridine rings is 2. The number of hydrogen-bond donors (Lipinski definition) is 2. The van der Waals surface area contributed by atoms with Crippen LogP contribution in [0.4, 0.5) is 18.9 Å². The second-order valence-electron chi connectivity index (χ2n) is 9.57. The van der Waals surface area contributed by atoms with Gasteiger partial charge < -0.3 is 10.4 Å². The van der Waals surface area contributed by atoms with Gasteiger partial charge in [-0.05, 0) is 50.6 Å². The number of fused-ring (bicyclic) bond motifs is 1. The van der Waals surface area contributed by atoms with Crippen LogP contribution in [0, 0.1) is 0 Å². The molecule has 0 aliphatic rings. The lowest BCUT2D eigenvalue weighted by atomic mass is 10.0. The van der Waals surface area contributed by atoms with Crippen molar-refractivity contribution in [1.82, 2.24) is 24.7 Å². The van der Waals surface area contributed by atoms with E-state index in [1.807, 2.05) is 6.07 Å². The Labute approximate surface area is 225 Å². The van der Waals surface area contributed by atoms with Crippen LogP contribution in [-0.4, -0.2) is 41.3 Å². The molecular formula is C27H23F3N6O2S. The molecule has 0 atom stereocenters. The van der Waals surface area contributed by atoms with Gasteiger partial charge in [0.2, 0.25) is 0 Å². The zero-order chi connectivity index (χ0) is 27.8. The van der Waals surface area contributed by atoms with E-state index in [1.165, 1.54) is 17.4 Å². The molecule has 12 heteroatoms. The molecule has 2 N–H and O–H groups in total. The van der Waals surface area contributed by atoms with Crippen molar-refractivity contribution in [3.8, 4) is 21.7 Å². The highest BCUT2D eigenvalue weighted by Crippen LogP contribution is 2.35. The molecule has 0 fully saturated rings. The molecule has 4 heterocycles. The normalized spacial score (nSPS) is 12.2. The zero-order valence-electron chi connectivity index (χ0n) is 20.9. The molecule has 1 aromatic carbocycles. The van der Waals surface area contributed by atoms with E-state index in [4.69, 9.17) is 0 Å². The van der Waals surface area contributed by atoms with Crippen molar-refractivity contribution in [3.63, 3.8) is 0 Å². The number of carbonyl (C=O) groups is 1. The summed E-state index contributed by atoms with van der Waals surface area (Å²) in [5, 5.41) is 20.4. The van der Waals surface area contributed by atoms with Gasteiger partial charge >= 0.3 is 6.18 Å². The molecule has 39 heavy (non-hydrogen) atoms. The third-order valence-electron chi connectivity index (χ3n) is 5.90. The van der Waals surface area contributed by atoms with Crippen LogP contribution < -0.4 is 5.32 Å². The summed E-state index contributed by atoms with van der Waals surface area (Å²) in [4.78, 5) is 25.3. The minimum Gasteiger partial charge on any atom is -0.390 e. The molecule has 5 rings (SSSR count). The van der Waals surface area contributed by atoms with Crippen LogP contribution in [0.1, 0.15) is 36.5 Å². The van der Waals surface area contributed by atoms with Gasteiger partial charge in [-0.25, -0.2) is 4.98 Å². The van der Waals surface area contributed by atoms with Crippen LogP contribution in [0.15, 0.2) is 66.6 Å². The number of halogens is 3. The molecule has 0 spiro atoms. The highest BCUT2D eigenvalue weighted by atomic mass is 32.1. The topological polar surface area (TPSA) is 106 Å². The number of aromatic nitrogens is 5. The van der Waals surface area contributed by atoms with E-state index < -0.39 is 23.4 Å². The number of benzene rings is 1. The maximum absolute atomic E-state index is 13.2. The lowest BCUT2D eigenvalue weighted by Crippen LogP contribution is -2.21. The van der Waals surface area contributed by atoms with Crippen LogP contribution in [0.25, 0.3) is 32.6 Å². The number of anilines is 1. The first-order chi connectivity index (χ1) is 18.5. The monoisotopic (exact) mass is 552 g/mol. The number of nitrogens with one attached hydrogen (secondary N) is 1. The van der Waals surface area contributed by atoms with Gasteiger partial charge in [0.15, 0.2) is 0 Å². The third-order valence-corrected chi connectivity index (χ3v) is 6.79. The van der Waals surface area contributed by atoms with E-state index in [0.717, 1.165) is 17.8 Å². The smallest absolute Gasteiger partial charge is 0.390 e. The average molecular weight is 553 g/mol. The largest absolute Gasteiger partial charge is 0.433 e. The molecule has 0 saturated carbocycles. The van der Waals surface area contributed by atoms with Gasteiger partial charge in [0.25, 0.3) is 5.91 Å². The number of thiazole rings is 1. The molecule has 0 unspecified atom stereocenters. The Kier molecular flexibility index (Phi) is 6.91. The molecule has 0 aliphatic carbocycles. The molecule has 8 nitrogen and oxygen atoms in total. The Morgan fingerprint density at radius 1 is 1.13 bits per heavy atom. The lowest BCUT2D eigenvalue weighted by Gasteiger charge is -2.16. The number of alkyl halides is 3. The van der Waals surface area contributed by atoms with Gasteiger partial charge in [-0.3, -0.25) is 19.4 Å². The maximum Gasteiger partial charge on any atom is 0.433 e. The Balaban J connectivity index is 1.51. The molecule has 5 aromatic rings. The first-order valence-electron chi connectivity index (χ1n) is 11.9. The maximum atomic E-state index is 13.2. The number of aryl methyl sites for hydroxylation is 1. The number of aliphatic hydroxyl groups is 1. The van der Waals surface area contributed by atoms with Crippen molar-refractivity contribution in [1.29, 1.82) is 0 Å². The molecular weight excluding hydrogens is 529 g/mol. The number of rotatable bonds is 7. The summed E-state index contributed by atoms with van der Waals surface area (Å²) in [6.45, 7) is 3.86. The number of carbonyl (C=O) groups excluding carboxylic acids is 1. The number of amides is 1. The quantitative estimate of drug-likeness (QED) is 0.255. The summed E-state index contributed by atoms with van der Waals surface area (Å²) in [7, 11) is 0. The van der Waals surface area contributed by atoms with Crippen molar-refractivity contribution in [3.05, 3.63) is 78.0 Å². The second kappa shape index (κ2) is 10.2. The van der Waals surface area contributed by atoms with Gasteiger partial charge in [0.1, 0.15) is 16.4 Å².